The van der Waals surface area contributed by atoms with Gasteiger partial charge in [0.25, 0.3) is 0 Å². The van der Waals surface area contributed by atoms with Gasteiger partial charge in [0.05, 0.1) is 13.7 Å². The first-order valence-corrected chi connectivity index (χ1v) is 10.3. The minimum atomic E-state index is -0.261. The Hall–Kier alpha value is -1.71. The number of fused-ring (bicyclic) bond motifs is 1. The Morgan fingerprint density at radius 1 is 1.28 bits per heavy atom. The number of phenols is 1. The number of nitrogens with zero attached hydrogens (tertiary/aromatic N) is 2. The lowest BCUT2D eigenvalue weighted by molar-refractivity contribution is 0.111. The van der Waals surface area contributed by atoms with Crippen molar-refractivity contribution >= 4 is 36.0 Å². The Morgan fingerprint density at radius 2 is 2.00 bits per heavy atom. The first kappa shape index (κ1) is 23.6. The number of methoxy groups -OCH3 is 1. The second-order valence-corrected chi connectivity index (χ2v) is 7.48. The molecule has 3 N–H and O–H groups in total. The summed E-state index contributed by atoms with van der Waals surface area (Å²) < 4.78 is 4.80. The molecule has 0 spiro atoms. The zero-order chi connectivity index (χ0) is 19.9. The molecule has 1 fully saturated rings. The smallest absolute Gasteiger partial charge is 0.409 e. The van der Waals surface area contributed by atoms with Crippen molar-refractivity contribution < 1.29 is 14.6 Å². The molecule has 1 aromatic carbocycles. The Morgan fingerprint density at radius 3 is 2.69 bits per heavy atom. The zero-order valence-electron chi connectivity index (χ0n) is 17.4. The molecule has 0 aromatic heterocycles. The minimum Gasteiger partial charge on any atom is -0.508 e. The van der Waals surface area contributed by atoms with Crippen molar-refractivity contribution in [3.8, 4) is 5.75 Å². The number of phenolic OH excluding ortho intramolecular Hbond substituents is 1. The fourth-order valence-electron chi connectivity index (χ4n) is 4.08. The van der Waals surface area contributed by atoms with Gasteiger partial charge in [0.1, 0.15) is 5.75 Å². The lowest BCUT2D eigenvalue weighted by Gasteiger charge is -2.32. The third-order valence-corrected chi connectivity index (χ3v) is 5.63. The largest absolute Gasteiger partial charge is 0.508 e. The van der Waals surface area contributed by atoms with E-state index in [2.05, 4.69) is 16.7 Å². The van der Waals surface area contributed by atoms with Crippen LogP contribution in [0.1, 0.15) is 49.3 Å². The molecule has 1 saturated heterocycles. The summed E-state index contributed by atoms with van der Waals surface area (Å²) in [6.07, 6.45) is 5.94. The number of piperidine rings is 1. The summed E-state index contributed by atoms with van der Waals surface area (Å²) in [6.45, 7) is 4.63. The van der Waals surface area contributed by atoms with Crippen molar-refractivity contribution in [3.63, 3.8) is 0 Å². The van der Waals surface area contributed by atoms with Crippen molar-refractivity contribution in [2.24, 2.45) is 4.99 Å². The third kappa shape index (κ3) is 6.13. The van der Waals surface area contributed by atoms with Crippen LogP contribution in [0, 0.1) is 0 Å². The van der Waals surface area contributed by atoms with Crippen molar-refractivity contribution in [1.82, 2.24) is 15.5 Å². The molecule has 1 heterocycles. The highest BCUT2D eigenvalue weighted by Crippen LogP contribution is 2.31. The Kier molecular flexibility index (Phi) is 9.32. The maximum absolute atomic E-state index is 11.6. The SMILES string of the molecule is CCNC(=NCc1c(O)ccc2c1CCCC2)NC1CCN(C(=O)OC)CC1.I. The summed E-state index contributed by atoms with van der Waals surface area (Å²) in [4.78, 5) is 18.1. The standard InChI is InChI=1S/C21H32N4O3.HI/c1-3-22-20(24-16-10-12-25(13-11-16)21(27)28-2)23-14-18-17-7-5-4-6-15(17)8-9-19(18)26;/h8-9,16,26H,3-7,10-14H2,1-2H3,(H2,22,23,24);1H. The fourth-order valence-corrected chi connectivity index (χ4v) is 4.08. The number of likely N-dealkylation sites (tertiary alicyclic amines) is 1. The molecule has 0 atom stereocenters. The van der Waals surface area contributed by atoms with Crippen LogP contribution >= 0.6 is 24.0 Å². The lowest BCUT2D eigenvalue weighted by Crippen LogP contribution is -2.49. The number of hydrogen-bond donors (Lipinski definition) is 3. The fraction of sp³-hybridized carbons (Fsp3) is 0.619. The number of hydrogen-bond acceptors (Lipinski definition) is 4. The zero-order valence-corrected chi connectivity index (χ0v) is 19.7. The molecular formula is C21H33IN4O3. The monoisotopic (exact) mass is 516 g/mol. The van der Waals surface area contributed by atoms with Gasteiger partial charge in [0, 0.05) is 31.2 Å². The van der Waals surface area contributed by atoms with E-state index in [-0.39, 0.29) is 36.1 Å². The maximum atomic E-state index is 11.6. The van der Waals surface area contributed by atoms with Gasteiger partial charge in [-0.3, -0.25) is 0 Å². The van der Waals surface area contributed by atoms with E-state index >= 15 is 0 Å². The first-order valence-electron chi connectivity index (χ1n) is 10.3. The summed E-state index contributed by atoms with van der Waals surface area (Å²) in [6, 6.07) is 4.12. The van der Waals surface area contributed by atoms with E-state index in [0.717, 1.165) is 43.8 Å². The van der Waals surface area contributed by atoms with Gasteiger partial charge in [-0.2, -0.15) is 0 Å². The number of aromatic hydroxyl groups is 1. The number of halogens is 1. The number of aryl methyl sites for hydroxylation is 1. The van der Waals surface area contributed by atoms with Gasteiger partial charge < -0.3 is 25.4 Å². The average Bonchev–Trinajstić information content (AvgIpc) is 2.73. The van der Waals surface area contributed by atoms with Crippen molar-refractivity contribution in [2.45, 2.75) is 58.0 Å². The number of benzene rings is 1. The maximum Gasteiger partial charge on any atom is 0.409 e. The second-order valence-electron chi connectivity index (χ2n) is 7.48. The van der Waals surface area contributed by atoms with E-state index in [1.54, 1.807) is 11.0 Å². The molecule has 162 valence electrons. The quantitative estimate of drug-likeness (QED) is 0.325. The number of carbonyl (C=O) groups is 1. The molecule has 0 saturated carbocycles. The van der Waals surface area contributed by atoms with Crippen LogP contribution in [0.25, 0.3) is 0 Å². The number of amides is 1. The minimum absolute atomic E-state index is 0. The first-order chi connectivity index (χ1) is 13.6. The van der Waals surface area contributed by atoms with Crippen molar-refractivity contribution in [3.05, 3.63) is 28.8 Å². The highest BCUT2D eigenvalue weighted by Gasteiger charge is 2.24. The molecule has 1 amide bonds. The molecule has 1 aliphatic carbocycles. The molecule has 0 radical (unpaired) electrons. The van der Waals surface area contributed by atoms with Crippen LogP contribution in [0.3, 0.4) is 0 Å². The van der Waals surface area contributed by atoms with E-state index in [1.807, 2.05) is 6.92 Å². The Labute approximate surface area is 190 Å². The summed E-state index contributed by atoms with van der Waals surface area (Å²) in [7, 11) is 1.42. The van der Waals surface area contributed by atoms with E-state index in [4.69, 9.17) is 9.73 Å². The molecule has 3 rings (SSSR count). The van der Waals surface area contributed by atoms with Gasteiger partial charge in [-0.1, -0.05) is 6.07 Å². The summed E-state index contributed by atoms with van der Waals surface area (Å²) in [5.74, 6) is 1.10. The van der Waals surface area contributed by atoms with Gasteiger partial charge in [-0.25, -0.2) is 9.79 Å². The van der Waals surface area contributed by atoms with Crippen LogP contribution in [0.2, 0.25) is 0 Å². The molecule has 29 heavy (non-hydrogen) atoms. The number of rotatable bonds is 4. The Bertz CT molecular complexity index is 718. The van der Waals surface area contributed by atoms with Gasteiger partial charge in [-0.15, -0.1) is 24.0 Å². The van der Waals surface area contributed by atoms with E-state index < -0.39 is 0 Å². The van der Waals surface area contributed by atoms with E-state index in [9.17, 15) is 9.90 Å². The molecular weight excluding hydrogens is 483 g/mol. The van der Waals surface area contributed by atoms with E-state index in [0.29, 0.717) is 25.4 Å². The van der Waals surface area contributed by atoms with Crippen molar-refractivity contribution in [2.75, 3.05) is 26.7 Å². The summed E-state index contributed by atoms with van der Waals surface area (Å²) in [5, 5.41) is 17.2. The van der Waals surface area contributed by atoms with E-state index in [1.165, 1.54) is 31.1 Å². The van der Waals surface area contributed by atoms with Crippen LogP contribution in [0.4, 0.5) is 4.79 Å². The lowest BCUT2D eigenvalue weighted by atomic mass is 9.88. The van der Waals surface area contributed by atoms with Crippen LogP contribution < -0.4 is 10.6 Å². The molecule has 0 unspecified atom stereocenters. The van der Waals surface area contributed by atoms with Crippen molar-refractivity contribution in [1.29, 1.82) is 0 Å². The van der Waals surface area contributed by atoms with Crippen LogP contribution in [-0.2, 0) is 24.1 Å². The van der Waals surface area contributed by atoms with Gasteiger partial charge in [0.2, 0.25) is 0 Å². The third-order valence-electron chi connectivity index (χ3n) is 5.63. The molecule has 1 aliphatic heterocycles. The average molecular weight is 516 g/mol. The number of nitrogens with one attached hydrogen (secondary N) is 2. The van der Waals surface area contributed by atoms with Gasteiger partial charge in [-0.05, 0) is 62.6 Å². The Balaban J connectivity index is 0.00000300. The van der Waals surface area contributed by atoms with Gasteiger partial charge in [0.15, 0.2) is 5.96 Å². The number of aliphatic imine (C=N–C) groups is 1. The summed E-state index contributed by atoms with van der Waals surface area (Å²) >= 11 is 0. The predicted octanol–water partition coefficient (Wildman–Crippen LogP) is 3.17. The molecule has 8 heteroatoms. The normalized spacial score (nSPS) is 17.2. The molecule has 1 aromatic rings. The predicted molar refractivity (Wildman–Crippen MR) is 125 cm³/mol. The number of carbonyl (C=O) groups excluding carboxylic acids is 1. The topological polar surface area (TPSA) is 86.2 Å². The number of guanidine groups is 1. The summed E-state index contributed by atoms with van der Waals surface area (Å²) in [5.41, 5.74) is 3.58. The molecule has 0 bridgehead atoms. The molecule has 2 aliphatic rings. The highest BCUT2D eigenvalue weighted by atomic mass is 127. The highest BCUT2D eigenvalue weighted by molar-refractivity contribution is 14.0. The van der Waals surface area contributed by atoms with Gasteiger partial charge >= 0.3 is 6.09 Å². The second kappa shape index (κ2) is 11.5. The van der Waals surface area contributed by atoms with Crippen LogP contribution in [-0.4, -0.2) is 54.8 Å². The van der Waals surface area contributed by atoms with Crippen LogP contribution in [0.15, 0.2) is 17.1 Å². The molecule has 7 nitrogen and oxygen atoms in total. The number of ether oxygens (including phenoxy) is 1. The van der Waals surface area contributed by atoms with Crippen LogP contribution in [0.5, 0.6) is 5.75 Å².